The van der Waals surface area contributed by atoms with Gasteiger partial charge in [-0.15, -0.1) is 0 Å². The Morgan fingerprint density at radius 3 is 2.76 bits per heavy atom. The van der Waals surface area contributed by atoms with E-state index in [9.17, 15) is 9.59 Å². The lowest BCUT2D eigenvalue weighted by Crippen LogP contribution is -2.42. The summed E-state index contributed by atoms with van der Waals surface area (Å²) in [7, 11) is 0. The van der Waals surface area contributed by atoms with Crippen LogP contribution in [0.3, 0.4) is 0 Å². The normalized spacial score (nSPS) is 11.8. The van der Waals surface area contributed by atoms with Crippen molar-refractivity contribution in [2.45, 2.75) is 12.5 Å². The number of carboxylic acid groups (broad SMARTS) is 1. The highest BCUT2D eigenvalue weighted by atomic mass is 32.1. The standard InChI is InChI=1S/C10H14N2O4S/c13-8(9(14)15)5-12-10(16)11-3-1-7-2-4-17-6-7/h2,4,6,8,13H,1,3,5H2,(H,14,15)(H2,11,12,16). The first-order valence-corrected chi connectivity index (χ1v) is 5.97. The van der Waals surface area contributed by atoms with Gasteiger partial charge in [0, 0.05) is 6.54 Å². The molecule has 6 nitrogen and oxygen atoms in total. The molecule has 0 aliphatic heterocycles. The van der Waals surface area contributed by atoms with Gasteiger partial charge in [0.2, 0.25) is 0 Å². The Labute approximate surface area is 102 Å². The minimum absolute atomic E-state index is 0.306. The van der Waals surface area contributed by atoms with E-state index < -0.39 is 18.1 Å². The molecule has 0 saturated heterocycles. The second kappa shape index (κ2) is 6.87. The third kappa shape index (κ3) is 5.32. The van der Waals surface area contributed by atoms with Gasteiger partial charge in [0.15, 0.2) is 6.10 Å². The second-order valence-electron chi connectivity index (χ2n) is 3.37. The maximum atomic E-state index is 11.2. The largest absolute Gasteiger partial charge is 0.479 e. The van der Waals surface area contributed by atoms with Crippen molar-refractivity contribution in [2.24, 2.45) is 0 Å². The quantitative estimate of drug-likeness (QED) is 0.579. The van der Waals surface area contributed by atoms with E-state index in [1.807, 2.05) is 16.8 Å². The fourth-order valence-corrected chi connectivity index (χ4v) is 1.80. The molecular weight excluding hydrogens is 244 g/mol. The number of nitrogens with one attached hydrogen (secondary N) is 2. The number of aliphatic hydroxyl groups excluding tert-OH is 1. The van der Waals surface area contributed by atoms with Gasteiger partial charge >= 0.3 is 12.0 Å². The summed E-state index contributed by atoms with van der Waals surface area (Å²) in [5, 5.41) is 26.1. The van der Waals surface area contributed by atoms with Crippen LogP contribution in [0.2, 0.25) is 0 Å². The molecule has 0 bridgehead atoms. The van der Waals surface area contributed by atoms with Gasteiger partial charge in [0.1, 0.15) is 0 Å². The highest BCUT2D eigenvalue weighted by Crippen LogP contribution is 2.05. The number of carboxylic acids is 1. The van der Waals surface area contributed by atoms with Gasteiger partial charge < -0.3 is 20.8 Å². The molecule has 0 saturated carbocycles. The Morgan fingerprint density at radius 2 is 2.18 bits per heavy atom. The molecule has 0 aromatic carbocycles. The summed E-state index contributed by atoms with van der Waals surface area (Å²) in [5.41, 5.74) is 1.14. The van der Waals surface area contributed by atoms with Gasteiger partial charge in [-0.25, -0.2) is 9.59 Å². The molecule has 1 rings (SSSR count). The molecule has 17 heavy (non-hydrogen) atoms. The van der Waals surface area contributed by atoms with Crippen LogP contribution < -0.4 is 10.6 Å². The van der Waals surface area contributed by atoms with Gasteiger partial charge in [0.05, 0.1) is 6.54 Å². The monoisotopic (exact) mass is 258 g/mol. The fraction of sp³-hybridized carbons (Fsp3) is 0.400. The molecule has 1 heterocycles. The first kappa shape index (κ1) is 13.5. The van der Waals surface area contributed by atoms with Gasteiger partial charge in [0.25, 0.3) is 0 Å². The molecule has 0 radical (unpaired) electrons. The van der Waals surface area contributed by atoms with E-state index in [1.165, 1.54) is 0 Å². The van der Waals surface area contributed by atoms with Crippen LogP contribution in [0.5, 0.6) is 0 Å². The summed E-state index contributed by atoms with van der Waals surface area (Å²) in [6.45, 7) is 0.158. The van der Waals surface area contributed by atoms with Crippen molar-refractivity contribution in [3.05, 3.63) is 22.4 Å². The summed E-state index contributed by atoms with van der Waals surface area (Å²) >= 11 is 1.59. The Balaban J connectivity index is 2.11. The second-order valence-corrected chi connectivity index (χ2v) is 4.15. The maximum Gasteiger partial charge on any atom is 0.334 e. The summed E-state index contributed by atoms with van der Waals surface area (Å²) in [4.78, 5) is 21.4. The molecule has 2 amide bonds. The third-order valence-corrected chi connectivity index (χ3v) is 2.75. The van der Waals surface area contributed by atoms with E-state index in [-0.39, 0.29) is 6.54 Å². The lowest BCUT2D eigenvalue weighted by atomic mass is 10.2. The number of carbonyl (C=O) groups excluding carboxylic acids is 1. The van der Waals surface area contributed by atoms with Gasteiger partial charge in [-0.2, -0.15) is 11.3 Å². The number of hydrogen-bond donors (Lipinski definition) is 4. The van der Waals surface area contributed by atoms with Crippen molar-refractivity contribution in [3.63, 3.8) is 0 Å². The summed E-state index contributed by atoms with van der Waals surface area (Å²) < 4.78 is 0. The predicted octanol–water partition coefficient (Wildman–Crippen LogP) is 0.0353. The fourth-order valence-electron chi connectivity index (χ4n) is 1.09. The number of thiophene rings is 1. The SMILES string of the molecule is O=C(NCCc1ccsc1)NCC(O)C(=O)O. The zero-order valence-electron chi connectivity index (χ0n) is 9.05. The molecule has 1 aromatic rings. The van der Waals surface area contributed by atoms with Crippen LogP contribution in [-0.4, -0.2) is 41.4 Å². The summed E-state index contributed by atoms with van der Waals surface area (Å²) in [6, 6.07) is 1.49. The average molecular weight is 258 g/mol. The van der Waals surface area contributed by atoms with Gasteiger partial charge in [-0.05, 0) is 28.8 Å². The molecule has 0 spiro atoms. The Bertz CT molecular complexity index is 366. The summed E-state index contributed by atoms with van der Waals surface area (Å²) in [5.74, 6) is -1.36. The van der Waals surface area contributed by atoms with E-state index in [0.29, 0.717) is 6.54 Å². The van der Waals surface area contributed by atoms with Crippen molar-refractivity contribution in [2.75, 3.05) is 13.1 Å². The van der Waals surface area contributed by atoms with Crippen LogP contribution in [0.25, 0.3) is 0 Å². The number of rotatable bonds is 6. The Kier molecular flexibility index (Phi) is 5.44. The van der Waals surface area contributed by atoms with Crippen LogP contribution in [0, 0.1) is 0 Å². The lowest BCUT2D eigenvalue weighted by molar-refractivity contribution is -0.146. The van der Waals surface area contributed by atoms with Crippen LogP contribution >= 0.6 is 11.3 Å². The van der Waals surface area contributed by atoms with Crippen LogP contribution in [0.1, 0.15) is 5.56 Å². The highest BCUT2D eigenvalue weighted by molar-refractivity contribution is 7.07. The van der Waals surface area contributed by atoms with E-state index >= 15 is 0 Å². The molecule has 0 aliphatic rings. The number of urea groups is 1. The highest BCUT2D eigenvalue weighted by Gasteiger charge is 2.13. The third-order valence-electron chi connectivity index (χ3n) is 2.02. The van der Waals surface area contributed by atoms with Gasteiger partial charge in [-0.1, -0.05) is 0 Å². The number of hydrogen-bond acceptors (Lipinski definition) is 4. The molecule has 1 aromatic heterocycles. The lowest BCUT2D eigenvalue weighted by Gasteiger charge is -2.08. The first-order valence-electron chi connectivity index (χ1n) is 5.03. The van der Waals surface area contributed by atoms with Gasteiger partial charge in [-0.3, -0.25) is 0 Å². The zero-order chi connectivity index (χ0) is 12.7. The van der Waals surface area contributed by atoms with Crippen LogP contribution in [0.4, 0.5) is 4.79 Å². The van der Waals surface area contributed by atoms with Crippen molar-refractivity contribution in [3.8, 4) is 0 Å². The summed E-state index contributed by atoms with van der Waals surface area (Å²) in [6.07, 6.45) is -0.851. The number of amides is 2. The van der Waals surface area contributed by atoms with E-state index in [2.05, 4.69) is 10.6 Å². The molecule has 0 aliphatic carbocycles. The van der Waals surface area contributed by atoms with E-state index in [1.54, 1.807) is 11.3 Å². The van der Waals surface area contributed by atoms with Crippen molar-refractivity contribution in [1.82, 2.24) is 10.6 Å². The van der Waals surface area contributed by atoms with E-state index in [4.69, 9.17) is 10.2 Å². The van der Waals surface area contributed by atoms with Crippen molar-refractivity contribution < 1.29 is 19.8 Å². The Morgan fingerprint density at radius 1 is 1.41 bits per heavy atom. The number of aliphatic hydroxyl groups is 1. The molecule has 1 unspecified atom stereocenters. The minimum atomic E-state index is -1.57. The number of carbonyl (C=O) groups is 2. The molecule has 0 fully saturated rings. The predicted molar refractivity (Wildman–Crippen MR) is 63.1 cm³/mol. The van der Waals surface area contributed by atoms with Crippen LogP contribution in [-0.2, 0) is 11.2 Å². The van der Waals surface area contributed by atoms with E-state index in [0.717, 1.165) is 12.0 Å². The number of aliphatic carboxylic acids is 1. The van der Waals surface area contributed by atoms with Crippen molar-refractivity contribution >= 4 is 23.3 Å². The average Bonchev–Trinajstić information content (AvgIpc) is 2.78. The topological polar surface area (TPSA) is 98.7 Å². The molecule has 7 heteroatoms. The molecule has 94 valence electrons. The molecule has 1 atom stereocenters. The maximum absolute atomic E-state index is 11.2. The smallest absolute Gasteiger partial charge is 0.334 e. The minimum Gasteiger partial charge on any atom is -0.479 e. The Hall–Kier alpha value is -1.60. The molecule has 4 N–H and O–H groups in total. The zero-order valence-corrected chi connectivity index (χ0v) is 9.87. The first-order chi connectivity index (χ1) is 8.09. The molecular formula is C10H14N2O4S. The van der Waals surface area contributed by atoms with Crippen molar-refractivity contribution in [1.29, 1.82) is 0 Å². The van der Waals surface area contributed by atoms with Crippen LogP contribution in [0.15, 0.2) is 16.8 Å².